The Morgan fingerprint density at radius 2 is 1.12 bits per heavy atom. The average Bonchev–Trinajstić information content (AvgIpc) is 1.36. The molecule has 0 spiro atoms. The third kappa shape index (κ3) is 9.31. The van der Waals surface area contributed by atoms with Crippen LogP contribution in [0, 0.1) is 0 Å². The molecular formula is C2H5NbO4Si. The first-order valence-electron chi connectivity index (χ1n) is 1.11. The Morgan fingerprint density at radius 1 is 1.00 bits per heavy atom. The van der Waals surface area contributed by atoms with Crippen LogP contribution in [0.2, 0.25) is 0 Å². The van der Waals surface area contributed by atoms with E-state index < -0.39 is 11.9 Å². The van der Waals surface area contributed by atoms with Crippen molar-refractivity contribution in [2.24, 2.45) is 0 Å². The molecule has 8 heavy (non-hydrogen) atoms. The molecule has 0 aliphatic carbocycles. The van der Waals surface area contributed by atoms with Crippen LogP contribution in [0.15, 0.2) is 0 Å². The van der Waals surface area contributed by atoms with Crippen molar-refractivity contribution in [3.63, 3.8) is 0 Å². The zero-order valence-corrected chi connectivity index (χ0v) is 8.36. The Hall–Kier alpha value is -0.103. The zero-order chi connectivity index (χ0) is 5.15. The predicted octanol–water partition coefficient (Wildman–Crippen LogP) is -2.03. The van der Waals surface area contributed by atoms with Gasteiger partial charge in [-0.15, -0.1) is 0 Å². The van der Waals surface area contributed by atoms with Gasteiger partial charge in [0.05, 0.1) is 0 Å². The first-order chi connectivity index (χ1) is 2.64. The van der Waals surface area contributed by atoms with Crippen molar-refractivity contribution in [1.29, 1.82) is 0 Å². The smallest absolute Gasteiger partial charge is 0.414 e. The van der Waals surface area contributed by atoms with E-state index in [1.165, 1.54) is 0 Å². The van der Waals surface area contributed by atoms with Gasteiger partial charge < -0.3 is 10.2 Å². The molecule has 0 aromatic rings. The van der Waals surface area contributed by atoms with Crippen LogP contribution in [-0.2, 0) is 32.0 Å². The summed E-state index contributed by atoms with van der Waals surface area (Å²) < 4.78 is 0. The molecule has 0 aromatic carbocycles. The molecule has 4 nitrogen and oxygen atoms in total. The van der Waals surface area contributed by atoms with E-state index in [1.54, 1.807) is 0 Å². The maximum Gasteiger partial charge on any atom is 0.414 e. The van der Waals surface area contributed by atoms with Crippen LogP contribution in [0.4, 0.5) is 0 Å². The zero-order valence-electron chi connectivity index (χ0n) is 4.16. The van der Waals surface area contributed by atoms with Gasteiger partial charge in [0.15, 0.2) is 0 Å². The van der Waals surface area contributed by atoms with Gasteiger partial charge in [-0.3, -0.25) is 0 Å². The molecule has 2 radical (unpaired) electrons. The third-order valence-corrected chi connectivity index (χ3v) is 0.183. The van der Waals surface area contributed by atoms with Gasteiger partial charge in [-0.1, -0.05) is 0 Å². The molecule has 0 aliphatic rings. The quantitative estimate of drug-likeness (QED) is 0.360. The van der Waals surface area contributed by atoms with E-state index in [2.05, 4.69) is 0 Å². The molecule has 0 saturated heterocycles. The van der Waals surface area contributed by atoms with Crippen molar-refractivity contribution in [2.75, 3.05) is 0 Å². The van der Waals surface area contributed by atoms with Crippen LogP contribution in [0.5, 0.6) is 0 Å². The van der Waals surface area contributed by atoms with E-state index in [9.17, 15) is 0 Å². The Morgan fingerprint density at radius 3 is 1.12 bits per heavy atom. The van der Waals surface area contributed by atoms with Crippen LogP contribution in [0.25, 0.3) is 0 Å². The number of aliphatic carboxylic acids is 2. The van der Waals surface area contributed by atoms with Gasteiger partial charge in [0.1, 0.15) is 0 Å². The summed E-state index contributed by atoms with van der Waals surface area (Å²) in [4.78, 5) is 18.2. The molecular weight excluding hydrogens is 209 g/mol. The third-order valence-electron chi connectivity index (χ3n) is 0.183. The molecule has 0 saturated carbocycles. The first kappa shape index (κ1) is 15.7. The van der Waals surface area contributed by atoms with Gasteiger partial charge in [0, 0.05) is 22.4 Å². The van der Waals surface area contributed by atoms with E-state index in [0.717, 1.165) is 0 Å². The van der Waals surface area contributed by atoms with Gasteiger partial charge >= 0.3 is 11.9 Å². The van der Waals surface area contributed by atoms with Gasteiger partial charge in [0.2, 0.25) is 0 Å². The van der Waals surface area contributed by atoms with Crippen molar-refractivity contribution in [3.05, 3.63) is 0 Å². The molecule has 0 bridgehead atoms. The van der Waals surface area contributed by atoms with Crippen molar-refractivity contribution >= 4 is 22.9 Å². The molecule has 0 rings (SSSR count). The summed E-state index contributed by atoms with van der Waals surface area (Å²) in [6.07, 6.45) is 0. The Balaban J connectivity index is -0.000000125. The van der Waals surface area contributed by atoms with Crippen LogP contribution in [0.1, 0.15) is 0 Å². The molecule has 0 aromatic heterocycles. The molecule has 2 N–H and O–H groups in total. The minimum Gasteiger partial charge on any atom is -0.473 e. The summed E-state index contributed by atoms with van der Waals surface area (Å²) in [7, 11) is 0. The van der Waals surface area contributed by atoms with E-state index in [1.807, 2.05) is 0 Å². The molecule has 46 valence electrons. The predicted molar refractivity (Wildman–Crippen MR) is 25.2 cm³/mol. The number of rotatable bonds is 0. The van der Waals surface area contributed by atoms with E-state index in [0.29, 0.717) is 0 Å². The topological polar surface area (TPSA) is 74.6 Å². The molecule has 0 aliphatic heterocycles. The van der Waals surface area contributed by atoms with Crippen molar-refractivity contribution in [1.82, 2.24) is 0 Å². The second-order valence-electron chi connectivity index (χ2n) is 0.610. The number of carbonyl (C=O) groups is 2. The van der Waals surface area contributed by atoms with E-state index in [-0.39, 0.29) is 33.3 Å². The maximum atomic E-state index is 9.10. The molecule has 0 amide bonds. The molecule has 0 heterocycles. The number of hydrogen-bond acceptors (Lipinski definition) is 2. The Bertz CT molecular complexity index is 80.0. The molecule has 6 heteroatoms. The fraction of sp³-hybridized carbons (Fsp3) is 0. The molecule has 0 fully saturated rings. The first-order valence-corrected chi connectivity index (χ1v) is 1.11. The Kier molecular flexibility index (Phi) is 13.5. The summed E-state index contributed by atoms with van der Waals surface area (Å²) in [6.45, 7) is 0. The second-order valence-corrected chi connectivity index (χ2v) is 0.610. The SMILES string of the molecule is O=C(O)C(=O)O.[Nb].[SiH3]. The molecule has 0 atom stereocenters. The summed E-state index contributed by atoms with van der Waals surface area (Å²) in [5.41, 5.74) is 0. The number of carboxylic acids is 2. The average molecular weight is 214 g/mol. The fourth-order valence-electron chi connectivity index (χ4n) is 0. The second kappa shape index (κ2) is 6.90. The van der Waals surface area contributed by atoms with Gasteiger partial charge in [0.25, 0.3) is 0 Å². The monoisotopic (exact) mass is 214 g/mol. The summed E-state index contributed by atoms with van der Waals surface area (Å²) >= 11 is 0. The minimum absolute atomic E-state index is 0. The standard InChI is InChI=1S/C2H2O4.Nb.H3Si/c3-1(4)2(5)6;;/h(H,3,4)(H,5,6);;1H3. The summed E-state index contributed by atoms with van der Waals surface area (Å²) in [5, 5.41) is 14.8. The van der Waals surface area contributed by atoms with Crippen molar-refractivity contribution in [2.45, 2.75) is 0 Å². The van der Waals surface area contributed by atoms with Crippen LogP contribution < -0.4 is 0 Å². The normalized spacial score (nSPS) is 5.50. The molecule has 0 unspecified atom stereocenters. The van der Waals surface area contributed by atoms with Gasteiger partial charge in [-0.25, -0.2) is 9.59 Å². The fourth-order valence-corrected chi connectivity index (χ4v) is 0. The van der Waals surface area contributed by atoms with Crippen LogP contribution in [0.3, 0.4) is 0 Å². The Labute approximate surface area is 65.4 Å². The number of hydrogen-bond donors (Lipinski definition) is 2. The van der Waals surface area contributed by atoms with Crippen LogP contribution >= 0.6 is 0 Å². The summed E-state index contributed by atoms with van der Waals surface area (Å²) in [5.74, 6) is -3.65. The largest absolute Gasteiger partial charge is 0.473 e. The van der Waals surface area contributed by atoms with Gasteiger partial charge in [-0.05, 0) is 11.0 Å². The van der Waals surface area contributed by atoms with Crippen LogP contribution in [-0.4, -0.2) is 33.1 Å². The van der Waals surface area contributed by atoms with Gasteiger partial charge in [-0.2, -0.15) is 0 Å². The maximum absolute atomic E-state index is 9.10. The number of carboxylic acid groups (broad SMARTS) is 2. The van der Waals surface area contributed by atoms with Crippen molar-refractivity contribution in [3.8, 4) is 0 Å². The van der Waals surface area contributed by atoms with E-state index in [4.69, 9.17) is 19.8 Å². The van der Waals surface area contributed by atoms with Crippen molar-refractivity contribution < 1.29 is 42.2 Å². The minimum atomic E-state index is -1.82. The summed E-state index contributed by atoms with van der Waals surface area (Å²) in [6, 6.07) is 0. The van der Waals surface area contributed by atoms with E-state index >= 15 is 0 Å².